The number of ether oxygens (including phenoxy) is 1. The fourth-order valence-corrected chi connectivity index (χ4v) is 2.20. The monoisotopic (exact) mass is 352 g/mol. The second-order valence-electron chi connectivity index (χ2n) is 5.20. The minimum Gasteiger partial charge on any atom is -0.439 e. The molecule has 1 N–H and O–H groups in total. The Labute approximate surface area is 132 Å². The van der Waals surface area contributed by atoms with E-state index in [1.807, 2.05) is 24.3 Å². The van der Waals surface area contributed by atoms with Gasteiger partial charge in [0.25, 0.3) is 0 Å². The van der Waals surface area contributed by atoms with Crippen molar-refractivity contribution in [1.82, 2.24) is 10.3 Å². The van der Waals surface area contributed by atoms with Gasteiger partial charge in [0.1, 0.15) is 11.6 Å². The van der Waals surface area contributed by atoms with E-state index in [0.717, 1.165) is 11.0 Å². The molecule has 0 atom stereocenters. The number of hydrogen-bond acceptors (Lipinski definition) is 3. The van der Waals surface area contributed by atoms with Gasteiger partial charge in [0.05, 0.1) is 6.20 Å². The van der Waals surface area contributed by atoms with Gasteiger partial charge in [-0.05, 0) is 36.7 Å². The largest absolute Gasteiger partial charge is 0.439 e. The summed E-state index contributed by atoms with van der Waals surface area (Å²) in [4.78, 5) is 4.05. The molecule has 21 heavy (non-hydrogen) atoms. The van der Waals surface area contributed by atoms with Crippen LogP contribution in [0.2, 0.25) is 0 Å². The van der Waals surface area contributed by atoms with Gasteiger partial charge in [0, 0.05) is 16.6 Å². The molecular formula is C16H18BrFN2O. The number of halogens is 2. The average molecular weight is 353 g/mol. The lowest BCUT2D eigenvalue weighted by molar-refractivity contribution is 0.445. The number of aromatic nitrogens is 1. The van der Waals surface area contributed by atoms with Gasteiger partial charge in [0.2, 0.25) is 5.88 Å². The Bertz CT molecular complexity index is 605. The molecule has 1 heterocycles. The van der Waals surface area contributed by atoms with Crippen molar-refractivity contribution in [3.8, 4) is 11.6 Å². The van der Waals surface area contributed by atoms with Crippen LogP contribution in [-0.4, -0.2) is 11.5 Å². The van der Waals surface area contributed by atoms with E-state index in [0.29, 0.717) is 29.7 Å². The van der Waals surface area contributed by atoms with Crippen molar-refractivity contribution in [2.45, 2.75) is 20.4 Å². The van der Waals surface area contributed by atoms with Crippen LogP contribution in [0.4, 0.5) is 4.39 Å². The maximum Gasteiger partial charge on any atom is 0.223 e. The zero-order valence-corrected chi connectivity index (χ0v) is 13.7. The maximum atomic E-state index is 13.4. The van der Waals surface area contributed by atoms with Crippen LogP contribution >= 0.6 is 15.9 Å². The van der Waals surface area contributed by atoms with Crippen molar-refractivity contribution in [2.24, 2.45) is 5.92 Å². The van der Waals surface area contributed by atoms with Gasteiger partial charge in [-0.2, -0.15) is 0 Å². The third-order valence-corrected chi connectivity index (χ3v) is 3.26. The number of rotatable bonds is 6. The van der Waals surface area contributed by atoms with Crippen molar-refractivity contribution in [3.63, 3.8) is 0 Å². The second-order valence-corrected chi connectivity index (χ2v) is 6.12. The molecule has 112 valence electrons. The minimum absolute atomic E-state index is 0.363. The molecule has 0 fully saturated rings. The van der Waals surface area contributed by atoms with E-state index in [-0.39, 0.29) is 5.82 Å². The van der Waals surface area contributed by atoms with Crippen LogP contribution in [-0.2, 0) is 6.54 Å². The molecule has 2 aromatic rings. The summed E-state index contributed by atoms with van der Waals surface area (Å²) in [7, 11) is 0. The molecular weight excluding hydrogens is 335 g/mol. The smallest absolute Gasteiger partial charge is 0.223 e. The first kappa shape index (κ1) is 15.9. The van der Waals surface area contributed by atoms with E-state index < -0.39 is 0 Å². The molecule has 0 aliphatic heterocycles. The third kappa shape index (κ3) is 5.10. The highest BCUT2D eigenvalue weighted by Crippen LogP contribution is 2.26. The van der Waals surface area contributed by atoms with Gasteiger partial charge in [-0.25, -0.2) is 9.37 Å². The van der Waals surface area contributed by atoms with E-state index in [4.69, 9.17) is 4.74 Å². The van der Waals surface area contributed by atoms with Crippen molar-refractivity contribution >= 4 is 15.9 Å². The summed E-state index contributed by atoms with van der Waals surface area (Å²) in [5.74, 6) is 1.25. The topological polar surface area (TPSA) is 34.2 Å². The number of benzene rings is 1. The van der Waals surface area contributed by atoms with Gasteiger partial charge < -0.3 is 10.1 Å². The van der Waals surface area contributed by atoms with Gasteiger partial charge in [-0.1, -0.05) is 35.8 Å². The van der Waals surface area contributed by atoms with Crippen molar-refractivity contribution in [3.05, 3.63) is 52.4 Å². The fourth-order valence-electron chi connectivity index (χ4n) is 1.82. The molecule has 0 radical (unpaired) electrons. The SMILES string of the molecule is CC(C)CNCc1cc(F)cnc1Oc1cccc(Br)c1. The van der Waals surface area contributed by atoms with Crippen LogP contribution in [0, 0.1) is 11.7 Å². The normalized spacial score (nSPS) is 10.9. The van der Waals surface area contributed by atoms with Crippen molar-refractivity contribution in [1.29, 1.82) is 0 Å². The highest BCUT2D eigenvalue weighted by Gasteiger charge is 2.09. The first-order chi connectivity index (χ1) is 10.0. The Hall–Kier alpha value is -1.46. The van der Waals surface area contributed by atoms with Crippen LogP contribution in [0.25, 0.3) is 0 Å². The predicted molar refractivity (Wildman–Crippen MR) is 85.0 cm³/mol. The lowest BCUT2D eigenvalue weighted by atomic mass is 10.2. The van der Waals surface area contributed by atoms with Gasteiger partial charge in [-0.15, -0.1) is 0 Å². The molecule has 1 aromatic carbocycles. The van der Waals surface area contributed by atoms with Crippen LogP contribution in [0.15, 0.2) is 41.0 Å². The first-order valence-electron chi connectivity index (χ1n) is 6.83. The summed E-state index contributed by atoms with van der Waals surface area (Å²) in [6.07, 6.45) is 1.17. The summed E-state index contributed by atoms with van der Waals surface area (Å²) in [6, 6.07) is 8.92. The number of nitrogens with one attached hydrogen (secondary N) is 1. The van der Waals surface area contributed by atoms with Gasteiger partial charge >= 0.3 is 0 Å². The lowest BCUT2D eigenvalue weighted by Gasteiger charge is -2.12. The standard InChI is InChI=1S/C16H18BrFN2O/c1-11(2)8-19-9-12-6-14(18)10-20-16(12)21-15-5-3-4-13(17)7-15/h3-7,10-11,19H,8-9H2,1-2H3. The first-order valence-corrected chi connectivity index (χ1v) is 7.62. The fraction of sp³-hybridized carbons (Fsp3) is 0.312. The molecule has 0 saturated carbocycles. The van der Waals surface area contributed by atoms with E-state index in [1.165, 1.54) is 12.3 Å². The molecule has 0 aliphatic rings. The quantitative estimate of drug-likeness (QED) is 0.829. The van der Waals surface area contributed by atoms with E-state index >= 15 is 0 Å². The van der Waals surface area contributed by atoms with Gasteiger partial charge in [0.15, 0.2) is 0 Å². The minimum atomic E-state index is -0.363. The second kappa shape index (κ2) is 7.52. The Morgan fingerprint density at radius 2 is 2.14 bits per heavy atom. The zero-order chi connectivity index (χ0) is 15.2. The maximum absolute atomic E-state index is 13.4. The summed E-state index contributed by atoms with van der Waals surface area (Å²) in [5, 5.41) is 3.27. The number of nitrogens with zero attached hydrogens (tertiary/aromatic N) is 1. The molecule has 3 nitrogen and oxygen atoms in total. The summed E-state index contributed by atoms with van der Waals surface area (Å²) >= 11 is 3.39. The van der Waals surface area contributed by atoms with Crippen molar-refractivity contribution < 1.29 is 9.13 Å². The molecule has 0 spiro atoms. The summed E-state index contributed by atoms with van der Waals surface area (Å²) < 4.78 is 20.1. The van der Waals surface area contributed by atoms with Crippen molar-refractivity contribution in [2.75, 3.05) is 6.54 Å². The highest BCUT2D eigenvalue weighted by molar-refractivity contribution is 9.10. The molecule has 1 aromatic heterocycles. The Kier molecular flexibility index (Phi) is 5.70. The van der Waals surface area contributed by atoms with Gasteiger partial charge in [-0.3, -0.25) is 0 Å². The van der Waals surface area contributed by atoms with E-state index in [9.17, 15) is 4.39 Å². The Morgan fingerprint density at radius 1 is 1.33 bits per heavy atom. The molecule has 5 heteroatoms. The van der Waals surface area contributed by atoms with E-state index in [1.54, 1.807) is 0 Å². The molecule has 0 bridgehead atoms. The Morgan fingerprint density at radius 3 is 2.86 bits per heavy atom. The lowest BCUT2D eigenvalue weighted by Crippen LogP contribution is -2.19. The molecule has 0 amide bonds. The van der Waals surface area contributed by atoms with Crippen LogP contribution in [0.5, 0.6) is 11.6 Å². The van der Waals surface area contributed by atoms with Crippen LogP contribution in [0.3, 0.4) is 0 Å². The van der Waals surface area contributed by atoms with E-state index in [2.05, 4.69) is 40.1 Å². The number of hydrogen-bond donors (Lipinski definition) is 1. The number of pyridine rings is 1. The van der Waals surface area contributed by atoms with Crippen LogP contribution in [0.1, 0.15) is 19.4 Å². The molecule has 0 aliphatic carbocycles. The van der Waals surface area contributed by atoms with Crippen LogP contribution < -0.4 is 10.1 Å². The average Bonchev–Trinajstić information content (AvgIpc) is 2.41. The summed E-state index contributed by atoms with van der Waals surface area (Å²) in [6.45, 7) is 5.62. The Balaban J connectivity index is 2.14. The molecule has 2 rings (SSSR count). The molecule has 0 unspecified atom stereocenters. The summed E-state index contributed by atoms with van der Waals surface area (Å²) in [5.41, 5.74) is 0.704. The zero-order valence-electron chi connectivity index (χ0n) is 12.1. The third-order valence-electron chi connectivity index (χ3n) is 2.77. The molecule has 0 saturated heterocycles. The predicted octanol–water partition coefficient (Wildman–Crippen LogP) is 4.52. The highest BCUT2D eigenvalue weighted by atomic mass is 79.9.